The van der Waals surface area contributed by atoms with E-state index < -0.39 is 0 Å². The summed E-state index contributed by atoms with van der Waals surface area (Å²) in [6.07, 6.45) is 0. The Morgan fingerprint density at radius 2 is 1.36 bits per heavy atom. The maximum atomic E-state index is 8.36. The van der Waals surface area contributed by atoms with E-state index in [4.69, 9.17) is 14.6 Å². The Balaban J connectivity index is 0. The van der Waals surface area contributed by atoms with Crippen LogP contribution >= 0.6 is 0 Å². The molecule has 0 radical (unpaired) electrons. The number of carboxylic acid groups (broad SMARTS) is 1. The average molecular weight is 206 g/mol. The highest BCUT2D eigenvalue weighted by Crippen LogP contribution is 1.80. The maximum Gasteiger partial charge on any atom is 0.290 e. The highest BCUT2D eigenvalue weighted by atomic mass is 16.5. The first-order valence-corrected chi connectivity index (χ1v) is 4.49. The predicted molar refractivity (Wildman–Crippen MR) is 56.6 cm³/mol. The molecule has 0 heterocycles. The van der Waals surface area contributed by atoms with Gasteiger partial charge in [-0.15, -0.1) is 0 Å². The van der Waals surface area contributed by atoms with Crippen LogP contribution < -0.4 is 0 Å². The molecule has 0 atom stereocenters. The molecule has 0 aromatic rings. The summed E-state index contributed by atoms with van der Waals surface area (Å²) in [6, 6.07) is 0. The molecule has 0 fully saturated rings. The normalized spacial score (nSPS) is 9.86. The second kappa shape index (κ2) is 12.3. The third-order valence-electron chi connectivity index (χ3n) is 1.37. The molecule has 1 N–H and O–H groups in total. The summed E-state index contributed by atoms with van der Waals surface area (Å²) in [6.45, 7) is 3.43. The first kappa shape index (κ1) is 15.8. The SMILES string of the molecule is CN(C)CCOCCN(C)C.O=CO. The second-order valence-corrected chi connectivity index (χ2v) is 3.32. The lowest BCUT2D eigenvalue weighted by Gasteiger charge is -2.12. The van der Waals surface area contributed by atoms with Gasteiger partial charge in [0.05, 0.1) is 13.2 Å². The molecule has 0 saturated heterocycles. The van der Waals surface area contributed by atoms with Gasteiger partial charge in [0.25, 0.3) is 6.47 Å². The fourth-order valence-electron chi connectivity index (χ4n) is 0.596. The van der Waals surface area contributed by atoms with Crippen LogP contribution in [-0.4, -0.2) is 75.9 Å². The van der Waals surface area contributed by atoms with Crippen LogP contribution in [0.2, 0.25) is 0 Å². The van der Waals surface area contributed by atoms with Crippen LogP contribution in [0.1, 0.15) is 0 Å². The van der Waals surface area contributed by atoms with Gasteiger partial charge in [-0.1, -0.05) is 0 Å². The van der Waals surface area contributed by atoms with Crippen molar-refractivity contribution in [3.05, 3.63) is 0 Å². The molecule has 0 aliphatic rings. The van der Waals surface area contributed by atoms with Crippen molar-refractivity contribution in [2.45, 2.75) is 0 Å². The van der Waals surface area contributed by atoms with Gasteiger partial charge in [-0.25, -0.2) is 0 Å². The van der Waals surface area contributed by atoms with Crippen molar-refractivity contribution in [1.29, 1.82) is 0 Å². The van der Waals surface area contributed by atoms with Gasteiger partial charge in [0.15, 0.2) is 0 Å². The molecule has 0 amide bonds. The monoisotopic (exact) mass is 206 g/mol. The zero-order valence-corrected chi connectivity index (χ0v) is 9.56. The van der Waals surface area contributed by atoms with Gasteiger partial charge < -0.3 is 19.6 Å². The summed E-state index contributed by atoms with van der Waals surface area (Å²) in [4.78, 5) is 12.6. The lowest BCUT2D eigenvalue weighted by atomic mass is 10.6. The van der Waals surface area contributed by atoms with E-state index >= 15 is 0 Å². The van der Waals surface area contributed by atoms with Crippen LogP contribution in [0.15, 0.2) is 0 Å². The topological polar surface area (TPSA) is 53.0 Å². The molecule has 86 valence electrons. The van der Waals surface area contributed by atoms with Crippen molar-refractivity contribution in [3.8, 4) is 0 Å². The number of ether oxygens (including phenoxy) is 1. The Hall–Kier alpha value is -0.650. The Bertz CT molecular complexity index is 109. The second-order valence-electron chi connectivity index (χ2n) is 3.32. The molecule has 0 aromatic carbocycles. The van der Waals surface area contributed by atoms with Gasteiger partial charge in [-0.2, -0.15) is 0 Å². The largest absolute Gasteiger partial charge is 0.483 e. The maximum absolute atomic E-state index is 8.36. The molecule has 0 rings (SSSR count). The van der Waals surface area contributed by atoms with Crippen LogP contribution in [0, 0.1) is 0 Å². The molecule has 14 heavy (non-hydrogen) atoms. The lowest BCUT2D eigenvalue weighted by Crippen LogP contribution is -2.22. The molecule has 0 aromatic heterocycles. The van der Waals surface area contributed by atoms with Crippen molar-refractivity contribution in [2.24, 2.45) is 0 Å². The van der Waals surface area contributed by atoms with Crippen molar-refractivity contribution in [2.75, 3.05) is 54.5 Å². The molecule has 0 bridgehead atoms. The van der Waals surface area contributed by atoms with Crippen LogP contribution in [-0.2, 0) is 9.53 Å². The highest BCUT2D eigenvalue weighted by Gasteiger charge is 1.91. The fraction of sp³-hybridized carbons (Fsp3) is 0.889. The van der Waals surface area contributed by atoms with Gasteiger partial charge in [0.1, 0.15) is 0 Å². The quantitative estimate of drug-likeness (QED) is 0.483. The Kier molecular flexibility index (Phi) is 13.9. The van der Waals surface area contributed by atoms with E-state index in [0.29, 0.717) is 0 Å². The first-order chi connectivity index (χ1) is 6.54. The van der Waals surface area contributed by atoms with Crippen molar-refractivity contribution < 1.29 is 14.6 Å². The third-order valence-corrected chi connectivity index (χ3v) is 1.37. The fourth-order valence-corrected chi connectivity index (χ4v) is 0.596. The minimum atomic E-state index is -0.250. The standard InChI is InChI=1S/C8H20N2O.CH2O2/c1-9(2)5-7-11-8-6-10(3)4;2-1-3/h5-8H2,1-4H3;1H,(H,2,3). The van der Waals surface area contributed by atoms with E-state index in [1.165, 1.54) is 0 Å². The number of nitrogens with zero attached hydrogens (tertiary/aromatic N) is 2. The Labute approximate surface area is 86.3 Å². The summed E-state index contributed by atoms with van der Waals surface area (Å²) < 4.78 is 5.37. The van der Waals surface area contributed by atoms with Gasteiger partial charge in [-0.3, -0.25) is 4.79 Å². The highest BCUT2D eigenvalue weighted by molar-refractivity contribution is 5.32. The van der Waals surface area contributed by atoms with Gasteiger partial charge in [-0.05, 0) is 28.2 Å². The van der Waals surface area contributed by atoms with Crippen LogP contribution in [0.3, 0.4) is 0 Å². The van der Waals surface area contributed by atoms with Crippen molar-refractivity contribution in [3.63, 3.8) is 0 Å². The predicted octanol–water partition coefficient (Wildman–Crippen LogP) is -0.173. The van der Waals surface area contributed by atoms with E-state index in [1.807, 2.05) is 0 Å². The van der Waals surface area contributed by atoms with E-state index in [-0.39, 0.29) is 6.47 Å². The van der Waals surface area contributed by atoms with E-state index in [1.54, 1.807) is 0 Å². The first-order valence-electron chi connectivity index (χ1n) is 4.49. The number of hydrogen-bond donors (Lipinski definition) is 1. The number of likely N-dealkylation sites (N-methyl/N-ethyl adjacent to an activating group) is 2. The summed E-state index contributed by atoms with van der Waals surface area (Å²) in [5.74, 6) is 0. The van der Waals surface area contributed by atoms with Crippen LogP contribution in [0.25, 0.3) is 0 Å². The van der Waals surface area contributed by atoms with Crippen LogP contribution in [0.4, 0.5) is 0 Å². The summed E-state index contributed by atoms with van der Waals surface area (Å²) in [7, 11) is 8.20. The Morgan fingerprint density at radius 1 is 1.07 bits per heavy atom. The summed E-state index contributed by atoms with van der Waals surface area (Å²) in [5, 5.41) is 6.89. The third kappa shape index (κ3) is 22.5. The number of rotatable bonds is 6. The summed E-state index contributed by atoms with van der Waals surface area (Å²) in [5.41, 5.74) is 0. The molecular weight excluding hydrogens is 184 g/mol. The molecule has 0 unspecified atom stereocenters. The minimum absolute atomic E-state index is 0.250. The van der Waals surface area contributed by atoms with Crippen LogP contribution in [0.5, 0.6) is 0 Å². The Morgan fingerprint density at radius 3 is 1.57 bits per heavy atom. The van der Waals surface area contributed by atoms with E-state index in [2.05, 4.69) is 38.0 Å². The number of carbonyl (C=O) groups is 1. The smallest absolute Gasteiger partial charge is 0.290 e. The van der Waals surface area contributed by atoms with Crippen molar-refractivity contribution >= 4 is 6.47 Å². The molecule has 0 aliphatic carbocycles. The average Bonchev–Trinajstić information content (AvgIpc) is 2.04. The van der Waals surface area contributed by atoms with Gasteiger partial charge in [0.2, 0.25) is 0 Å². The van der Waals surface area contributed by atoms with E-state index in [9.17, 15) is 0 Å². The number of hydrogen-bond acceptors (Lipinski definition) is 4. The summed E-state index contributed by atoms with van der Waals surface area (Å²) >= 11 is 0. The zero-order chi connectivity index (χ0) is 11.4. The minimum Gasteiger partial charge on any atom is -0.483 e. The van der Waals surface area contributed by atoms with Gasteiger partial charge in [0, 0.05) is 13.1 Å². The van der Waals surface area contributed by atoms with Crippen molar-refractivity contribution in [1.82, 2.24) is 9.80 Å². The molecule has 5 heteroatoms. The molecule has 0 saturated carbocycles. The van der Waals surface area contributed by atoms with E-state index in [0.717, 1.165) is 26.3 Å². The zero-order valence-electron chi connectivity index (χ0n) is 9.56. The molecular formula is C9H22N2O3. The van der Waals surface area contributed by atoms with Gasteiger partial charge >= 0.3 is 0 Å². The molecule has 0 spiro atoms. The lowest BCUT2D eigenvalue weighted by molar-refractivity contribution is -0.122. The molecule has 0 aliphatic heterocycles. The molecule has 5 nitrogen and oxygen atoms in total.